The van der Waals surface area contributed by atoms with Gasteiger partial charge in [0.25, 0.3) is 0 Å². The molecule has 4 nitrogen and oxygen atoms in total. The van der Waals surface area contributed by atoms with Crippen LogP contribution in [0.3, 0.4) is 0 Å². The molecule has 1 radical (unpaired) electrons. The molecule has 3 rings (SSSR count). The molecule has 2 fully saturated rings. The van der Waals surface area contributed by atoms with Gasteiger partial charge >= 0.3 is 0 Å². The Bertz CT molecular complexity index is 410. The summed E-state index contributed by atoms with van der Waals surface area (Å²) in [6, 6.07) is 9.74. The standard InChI is InChI=1S/C16H23N2O2/c1-18-8-5-16(12-18)20-15-4-2-3-14(11-15)17-13-6-9-19-10-7-13/h2,4,11,13,16-17H,5-10,12H2,1H3/t16-/m0/s1. The van der Waals surface area contributed by atoms with E-state index >= 15 is 0 Å². The third-order valence-corrected chi connectivity index (χ3v) is 4.00. The topological polar surface area (TPSA) is 33.7 Å². The second kappa shape index (κ2) is 6.46. The molecule has 0 unspecified atom stereocenters. The summed E-state index contributed by atoms with van der Waals surface area (Å²) in [7, 11) is 2.14. The van der Waals surface area contributed by atoms with E-state index in [0.717, 1.165) is 57.0 Å². The Morgan fingerprint density at radius 2 is 2.20 bits per heavy atom. The molecule has 0 bridgehead atoms. The van der Waals surface area contributed by atoms with E-state index in [4.69, 9.17) is 9.47 Å². The van der Waals surface area contributed by atoms with Crippen LogP contribution in [0.1, 0.15) is 19.3 Å². The van der Waals surface area contributed by atoms with Gasteiger partial charge in [-0.3, -0.25) is 0 Å². The Balaban J connectivity index is 1.57. The van der Waals surface area contributed by atoms with E-state index in [2.05, 4.69) is 29.4 Å². The van der Waals surface area contributed by atoms with Crippen LogP contribution >= 0.6 is 0 Å². The van der Waals surface area contributed by atoms with Gasteiger partial charge < -0.3 is 19.7 Å². The maximum atomic E-state index is 6.05. The highest BCUT2D eigenvalue weighted by Crippen LogP contribution is 2.22. The molecule has 4 heteroatoms. The zero-order valence-corrected chi connectivity index (χ0v) is 12.1. The predicted octanol–water partition coefficient (Wildman–Crippen LogP) is 2.16. The third-order valence-electron chi connectivity index (χ3n) is 4.00. The van der Waals surface area contributed by atoms with E-state index in [1.54, 1.807) is 0 Å². The average molecular weight is 275 g/mol. The van der Waals surface area contributed by atoms with E-state index in [1.807, 2.05) is 12.1 Å². The Kier molecular flexibility index (Phi) is 4.43. The van der Waals surface area contributed by atoms with Crippen LogP contribution < -0.4 is 10.1 Å². The highest BCUT2D eigenvalue weighted by molar-refractivity contribution is 5.48. The second-order valence-electron chi connectivity index (χ2n) is 5.76. The van der Waals surface area contributed by atoms with Gasteiger partial charge in [0.1, 0.15) is 11.9 Å². The van der Waals surface area contributed by atoms with Gasteiger partial charge in [-0.2, -0.15) is 0 Å². The van der Waals surface area contributed by atoms with Crippen LogP contribution in [0.2, 0.25) is 0 Å². The second-order valence-corrected chi connectivity index (χ2v) is 5.76. The highest BCUT2D eigenvalue weighted by atomic mass is 16.5. The van der Waals surface area contributed by atoms with Crippen molar-refractivity contribution in [3.63, 3.8) is 0 Å². The summed E-state index contributed by atoms with van der Waals surface area (Å²) < 4.78 is 11.4. The number of likely N-dealkylation sites (tertiary alicyclic amines) is 1. The predicted molar refractivity (Wildman–Crippen MR) is 79.3 cm³/mol. The van der Waals surface area contributed by atoms with Crippen molar-refractivity contribution in [2.24, 2.45) is 0 Å². The summed E-state index contributed by atoms with van der Waals surface area (Å²) >= 11 is 0. The molecule has 0 aliphatic carbocycles. The highest BCUT2D eigenvalue weighted by Gasteiger charge is 2.21. The van der Waals surface area contributed by atoms with E-state index in [-0.39, 0.29) is 0 Å². The molecule has 0 amide bonds. The number of nitrogens with one attached hydrogen (secondary N) is 1. The Hall–Kier alpha value is -1.26. The van der Waals surface area contributed by atoms with Gasteiger partial charge in [0.15, 0.2) is 0 Å². The van der Waals surface area contributed by atoms with Gasteiger partial charge in [-0.1, -0.05) is 0 Å². The van der Waals surface area contributed by atoms with Crippen LogP contribution in [0.25, 0.3) is 0 Å². The lowest BCUT2D eigenvalue weighted by Crippen LogP contribution is -2.27. The molecule has 2 saturated heterocycles. The minimum atomic E-state index is 0.318. The minimum Gasteiger partial charge on any atom is -0.489 e. The smallest absolute Gasteiger partial charge is 0.121 e. The minimum absolute atomic E-state index is 0.318. The number of benzene rings is 1. The van der Waals surface area contributed by atoms with Crippen molar-refractivity contribution in [2.45, 2.75) is 31.4 Å². The summed E-state index contributed by atoms with van der Waals surface area (Å²) in [5.41, 5.74) is 1.03. The summed E-state index contributed by atoms with van der Waals surface area (Å²) in [5.74, 6) is 0.943. The summed E-state index contributed by atoms with van der Waals surface area (Å²) in [4.78, 5) is 2.31. The summed E-state index contributed by atoms with van der Waals surface area (Å²) in [5, 5.41) is 3.53. The van der Waals surface area contributed by atoms with Crippen LogP contribution in [0.5, 0.6) is 5.75 Å². The number of ether oxygens (including phenoxy) is 2. The maximum Gasteiger partial charge on any atom is 0.121 e. The Labute approximate surface area is 121 Å². The van der Waals surface area contributed by atoms with E-state index in [9.17, 15) is 0 Å². The Morgan fingerprint density at radius 3 is 2.95 bits per heavy atom. The lowest BCUT2D eigenvalue weighted by molar-refractivity contribution is 0.0904. The van der Waals surface area contributed by atoms with E-state index in [0.29, 0.717) is 12.1 Å². The van der Waals surface area contributed by atoms with Gasteiger partial charge in [0.2, 0.25) is 0 Å². The van der Waals surface area contributed by atoms with Gasteiger partial charge in [-0.25, -0.2) is 0 Å². The molecule has 109 valence electrons. The molecular weight excluding hydrogens is 252 g/mol. The fourth-order valence-electron chi connectivity index (χ4n) is 2.85. The number of rotatable bonds is 4. The monoisotopic (exact) mass is 275 g/mol. The molecule has 1 atom stereocenters. The Morgan fingerprint density at radius 1 is 1.35 bits per heavy atom. The zero-order chi connectivity index (χ0) is 13.8. The van der Waals surface area contributed by atoms with Gasteiger partial charge in [0, 0.05) is 50.2 Å². The number of anilines is 1. The first-order chi connectivity index (χ1) is 9.79. The van der Waals surface area contributed by atoms with E-state index in [1.165, 1.54) is 0 Å². The van der Waals surface area contributed by atoms with Crippen molar-refractivity contribution in [1.82, 2.24) is 4.90 Å². The van der Waals surface area contributed by atoms with Crippen molar-refractivity contribution in [1.29, 1.82) is 0 Å². The first-order valence-electron chi connectivity index (χ1n) is 7.51. The third kappa shape index (κ3) is 3.64. The fourth-order valence-corrected chi connectivity index (χ4v) is 2.85. The quantitative estimate of drug-likeness (QED) is 0.913. The number of hydrogen-bond acceptors (Lipinski definition) is 4. The first-order valence-corrected chi connectivity index (χ1v) is 7.51. The van der Waals surface area contributed by atoms with Crippen LogP contribution in [0.4, 0.5) is 5.69 Å². The number of hydrogen-bond donors (Lipinski definition) is 1. The number of likely N-dealkylation sites (N-methyl/N-ethyl adjacent to an activating group) is 1. The zero-order valence-electron chi connectivity index (χ0n) is 12.1. The van der Waals surface area contributed by atoms with Crippen LogP contribution in [-0.2, 0) is 4.74 Å². The molecule has 2 aliphatic heterocycles. The molecule has 0 saturated carbocycles. The SMILES string of the molecule is CN1CC[C@H](Oc2cc[c]c(NC3CCOCC3)c2)C1. The van der Waals surface area contributed by atoms with Crippen molar-refractivity contribution in [2.75, 3.05) is 38.7 Å². The fraction of sp³-hybridized carbons (Fsp3) is 0.625. The lowest BCUT2D eigenvalue weighted by Gasteiger charge is -2.24. The maximum absolute atomic E-state index is 6.05. The largest absolute Gasteiger partial charge is 0.489 e. The number of nitrogens with zero attached hydrogens (tertiary/aromatic N) is 1. The van der Waals surface area contributed by atoms with Crippen molar-refractivity contribution in [3.05, 3.63) is 24.3 Å². The molecule has 1 N–H and O–H groups in total. The molecule has 2 heterocycles. The van der Waals surface area contributed by atoms with Crippen LogP contribution in [0, 0.1) is 6.07 Å². The summed E-state index contributed by atoms with van der Waals surface area (Å²) in [6.07, 6.45) is 3.55. The van der Waals surface area contributed by atoms with Gasteiger partial charge in [0.05, 0.1) is 0 Å². The van der Waals surface area contributed by atoms with Crippen molar-refractivity contribution in [3.8, 4) is 5.75 Å². The molecule has 1 aromatic carbocycles. The van der Waals surface area contributed by atoms with E-state index < -0.39 is 0 Å². The molecule has 0 aromatic heterocycles. The summed E-state index contributed by atoms with van der Waals surface area (Å²) in [6.45, 7) is 3.84. The van der Waals surface area contributed by atoms with Crippen LogP contribution in [0.15, 0.2) is 18.2 Å². The normalized spacial score (nSPS) is 24.8. The molecular formula is C16H23N2O2. The lowest BCUT2D eigenvalue weighted by atomic mass is 10.1. The average Bonchev–Trinajstić information content (AvgIpc) is 2.86. The first kappa shape index (κ1) is 13.7. The molecule has 1 aromatic rings. The van der Waals surface area contributed by atoms with Crippen molar-refractivity contribution >= 4 is 5.69 Å². The molecule has 2 aliphatic rings. The van der Waals surface area contributed by atoms with Gasteiger partial charge in [-0.05, 0) is 38.4 Å². The van der Waals surface area contributed by atoms with Crippen molar-refractivity contribution < 1.29 is 9.47 Å². The molecule has 20 heavy (non-hydrogen) atoms. The van der Waals surface area contributed by atoms with Gasteiger partial charge in [-0.15, -0.1) is 0 Å². The van der Waals surface area contributed by atoms with Crippen LogP contribution in [-0.4, -0.2) is 50.4 Å². The molecule has 0 spiro atoms.